The fraction of sp³-hybridized carbons (Fsp3) is 0.294. The topological polar surface area (TPSA) is 30.7 Å². The van der Waals surface area contributed by atoms with E-state index in [1.165, 1.54) is 11.1 Å². The lowest BCUT2D eigenvalue weighted by Crippen LogP contribution is -2.06. The van der Waals surface area contributed by atoms with Crippen LogP contribution in [0.5, 0.6) is 0 Å². The van der Waals surface area contributed by atoms with Gasteiger partial charge in [-0.3, -0.25) is 4.98 Å². The van der Waals surface area contributed by atoms with Gasteiger partial charge >= 0.3 is 0 Å². The summed E-state index contributed by atoms with van der Waals surface area (Å²) in [6, 6.07) is 10.5. The highest BCUT2D eigenvalue weighted by atomic mass is 35.5. The van der Waals surface area contributed by atoms with E-state index in [1.807, 2.05) is 19.2 Å². The number of halogens is 1. The van der Waals surface area contributed by atoms with Crippen molar-refractivity contribution in [2.75, 3.05) is 5.88 Å². The molecule has 3 aromatic rings. The predicted octanol–water partition coefficient (Wildman–Crippen LogP) is 3.88. The summed E-state index contributed by atoms with van der Waals surface area (Å²) in [7, 11) is 0. The zero-order valence-electron chi connectivity index (χ0n) is 12.3. The Morgan fingerprint density at radius 1 is 1.14 bits per heavy atom. The Morgan fingerprint density at radius 3 is 2.71 bits per heavy atom. The van der Waals surface area contributed by atoms with Gasteiger partial charge in [-0.2, -0.15) is 0 Å². The van der Waals surface area contributed by atoms with Crippen molar-refractivity contribution in [1.29, 1.82) is 0 Å². The highest BCUT2D eigenvalue weighted by Crippen LogP contribution is 2.20. The Labute approximate surface area is 129 Å². The highest BCUT2D eigenvalue weighted by molar-refractivity contribution is 6.17. The van der Waals surface area contributed by atoms with Crippen LogP contribution in [-0.4, -0.2) is 20.4 Å². The van der Waals surface area contributed by atoms with E-state index < -0.39 is 0 Å². The van der Waals surface area contributed by atoms with Gasteiger partial charge in [0, 0.05) is 24.2 Å². The molecular weight excluding hydrogens is 282 g/mol. The Hall–Kier alpha value is -1.87. The molecule has 1 aromatic carbocycles. The van der Waals surface area contributed by atoms with Crippen LogP contribution in [-0.2, 0) is 13.0 Å². The zero-order valence-corrected chi connectivity index (χ0v) is 13.1. The maximum atomic E-state index is 5.92. The van der Waals surface area contributed by atoms with E-state index in [0.717, 1.165) is 35.5 Å². The smallest absolute Gasteiger partial charge is 0.111 e. The molecule has 0 saturated carbocycles. The quantitative estimate of drug-likeness (QED) is 0.685. The first kappa shape index (κ1) is 14.1. The lowest BCUT2D eigenvalue weighted by molar-refractivity contribution is 0.751. The summed E-state index contributed by atoms with van der Waals surface area (Å²) >= 11 is 5.92. The third-order valence-electron chi connectivity index (χ3n) is 3.61. The number of benzene rings is 1. The summed E-state index contributed by atoms with van der Waals surface area (Å²) in [5, 5.41) is 0. The maximum Gasteiger partial charge on any atom is 0.111 e. The van der Waals surface area contributed by atoms with E-state index in [0.29, 0.717) is 5.88 Å². The molecule has 0 amide bonds. The Morgan fingerprint density at radius 2 is 2.00 bits per heavy atom. The number of pyridine rings is 1. The minimum atomic E-state index is 0.578. The Balaban J connectivity index is 2.07. The van der Waals surface area contributed by atoms with Crippen molar-refractivity contribution in [2.24, 2.45) is 0 Å². The zero-order chi connectivity index (χ0) is 14.8. The van der Waals surface area contributed by atoms with E-state index >= 15 is 0 Å². The molecule has 0 atom stereocenters. The summed E-state index contributed by atoms with van der Waals surface area (Å²) in [6.07, 6.45) is 2.70. The molecule has 0 aliphatic rings. The van der Waals surface area contributed by atoms with E-state index in [-0.39, 0.29) is 0 Å². The molecule has 0 fully saturated rings. The Kier molecular flexibility index (Phi) is 3.93. The van der Waals surface area contributed by atoms with E-state index in [4.69, 9.17) is 16.6 Å². The van der Waals surface area contributed by atoms with Crippen molar-refractivity contribution in [1.82, 2.24) is 14.5 Å². The molecule has 0 radical (unpaired) electrons. The average Bonchev–Trinajstić information content (AvgIpc) is 2.79. The van der Waals surface area contributed by atoms with E-state index in [1.54, 1.807) is 0 Å². The number of fused-ring (bicyclic) bond motifs is 1. The van der Waals surface area contributed by atoms with Crippen molar-refractivity contribution >= 4 is 22.6 Å². The molecule has 4 heteroatoms. The number of hydrogen-bond acceptors (Lipinski definition) is 2. The number of hydrogen-bond donors (Lipinski definition) is 0. The van der Waals surface area contributed by atoms with Gasteiger partial charge in [0.25, 0.3) is 0 Å². The van der Waals surface area contributed by atoms with Crippen LogP contribution in [0.4, 0.5) is 0 Å². The molecule has 0 aliphatic carbocycles. The number of rotatable bonds is 4. The molecule has 3 rings (SSSR count). The van der Waals surface area contributed by atoms with Crippen LogP contribution < -0.4 is 0 Å². The van der Waals surface area contributed by atoms with Crippen LogP contribution in [0.15, 0.2) is 36.5 Å². The van der Waals surface area contributed by atoms with Crippen LogP contribution in [0.2, 0.25) is 0 Å². The lowest BCUT2D eigenvalue weighted by Gasteiger charge is -2.09. The summed E-state index contributed by atoms with van der Waals surface area (Å²) in [5.74, 6) is 1.61. The summed E-state index contributed by atoms with van der Waals surface area (Å²) in [4.78, 5) is 9.09. The molecule has 0 unspecified atom stereocenters. The fourth-order valence-corrected chi connectivity index (χ4v) is 2.68. The van der Waals surface area contributed by atoms with Gasteiger partial charge < -0.3 is 4.57 Å². The van der Waals surface area contributed by atoms with Gasteiger partial charge in [0.05, 0.1) is 17.6 Å². The van der Waals surface area contributed by atoms with Crippen molar-refractivity contribution < 1.29 is 0 Å². The molecule has 0 saturated heterocycles. The predicted molar refractivity (Wildman–Crippen MR) is 87.0 cm³/mol. The summed E-state index contributed by atoms with van der Waals surface area (Å²) < 4.78 is 2.25. The summed E-state index contributed by atoms with van der Waals surface area (Å²) in [5.41, 5.74) is 5.64. The van der Waals surface area contributed by atoms with E-state index in [2.05, 4.69) is 40.7 Å². The first-order valence-corrected chi connectivity index (χ1v) is 7.64. The van der Waals surface area contributed by atoms with Crippen LogP contribution in [0, 0.1) is 13.8 Å². The Bertz CT molecular complexity index is 760. The van der Waals surface area contributed by atoms with Crippen molar-refractivity contribution in [3.05, 3.63) is 59.2 Å². The minimum absolute atomic E-state index is 0.578. The normalized spacial score (nSPS) is 11.2. The van der Waals surface area contributed by atoms with Crippen LogP contribution >= 0.6 is 11.6 Å². The van der Waals surface area contributed by atoms with Gasteiger partial charge in [-0.15, -0.1) is 11.6 Å². The average molecular weight is 300 g/mol. The number of imidazole rings is 1. The first-order chi connectivity index (χ1) is 10.2. The molecule has 108 valence electrons. The second-order valence-corrected chi connectivity index (χ2v) is 5.73. The van der Waals surface area contributed by atoms with Crippen molar-refractivity contribution in [3.8, 4) is 0 Å². The minimum Gasteiger partial charge on any atom is -0.323 e. The molecule has 0 spiro atoms. The number of aryl methyl sites for hydroxylation is 3. The molecular formula is C17H18ClN3. The molecule has 21 heavy (non-hydrogen) atoms. The highest BCUT2D eigenvalue weighted by Gasteiger charge is 2.11. The van der Waals surface area contributed by atoms with Crippen molar-refractivity contribution in [2.45, 2.75) is 26.8 Å². The maximum absolute atomic E-state index is 5.92. The SMILES string of the molecule is Cc1ccc2nc(CCCl)n(Cc3ccc(C)nc3)c2c1. The molecule has 2 aromatic heterocycles. The van der Waals surface area contributed by atoms with Gasteiger partial charge in [-0.25, -0.2) is 4.98 Å². The fourth-order valence-electron chi connectivity index (χ4n) is 2.51. The molecule has 0 N–H and O–H groups in total. The molecule has 0 aliphatic heterocycles. The molecule has 2 heterocycles. The molecule has 0 bridgehead atoms. The second-order valence-electron chi connectivity index (χ2n) is 5.35. The van der Waals surface area contributed by atoms with Gasteiger partial charge in [0.1, 0.15) is 5.82 Å². The number of nitrogens with zero attached hydrogens (tertiary/aromatic N) is 3. The third kappa shape index (κ3) is 2.93. The summed E-state index contributed by atoms with van der Waals surface area (Å²) in [6.45, 7) is 4.88. The van der Waals surface area contributed by atoms with Crippen LogP contribution in [0.1, 0.15) is 22.6 Å². The van der Waals surface area contributed by atoms with E-state index in [9.17, 15) is 0 Å². The number of aromatic nitrogens is 3. The van der Waals surface area contributed by atoms with Crippen LogP contribution in [0.3, 0.4) is 0 Å². The van der Waals surface area contributed by atoms with Gasteiger partial charge in [0.15, 0.2) is 0 Å². The van der Waals surface area contributed by atoms with Crippen molar-refractivity contribution in [3.63, 3.8) is 0 Å². The molecule has 3 nitrogen and oxygen atoms in total. The second kappa shape index (κ2) is 5.86. The van der Waals surface area contributed by atoms with Gasteiger partial charge in [-0.05, 0) is 43.2 Å². The van der Waals surface area contributed by atoms with Gasteiger partial charge in [-0.1, -0.05) is 12.1 Å². The van der Waals surface area contributed by atoms with Gasteiger partial charge in [0.2, 0.25) is 0 Å². The van der Waals surface area contributed by atoms with Crippen LogP contribution in [0.25, 0.3) is 11.0 Å². The first-order valence-electron chi connectivity index (χ1n) is 7.10. The number of alkyl halides is 1. The standard InChI is InChI=1S/C17H18ClN3/c1-12-3-6-15-16(9-12)21(17(20-15)7-8-18)11-14-5-4-13(2)19-10-14/h3-6,9-10H,7-8,11H2,1-2H3. The monoisotopic (exact) mass is 299 g/mol. The lowest BCUT2D eigenvalue weighted by atomic mass is 10.2. The third-order valence-corrected chi connectivity index (χ3v) is 3.80. The largest absolute Gasteiger partial charge is 0.323 e.